The first-order valence-corrected chi connectivity index (χ1v) is 8.57. The number of para-hydroxylation sites is 1. The van der Waals surface area contributed by atoms with Crippen molar-refractivity contribution in [1.29, 1.82) is 0 Å². The van der Waals surface area contributed by atoms with E-state index in [0.717, 1.165) is 18.2 Å². The number of hydrogen-bond donors (Lipinski definition) is 1. The van der Waals surface area contributed by atoms with E-state index in [1.807, 2.05) is 23.0 Å². The predicted octanol–water partition coefficient (Wildman–Crippen LogP) is 2.30. The summed E-state index contributed by atoms with van der Waals surface area (Å²) in [6, 6.07) is 8.72. The highest BCUT2D eigenvalue weighted by molar-refractivity contribution is 5.96. The molecule has 6 heteroatoms. The van der Waals surface area contributed by atoms with E-state index in [1.54, 1.807) is 18.2 Å². The van der Waals surface area contributed by atoms with Gasteiger partial charge < -0.3 is 9.73 Å². The number of rotatable bonds is 4. The van der Waals surface area contributed by atoms with E-state index in [1.165, 1.54) is 24.1 Å². The lowest BCUT2D eigenvalue weighted by molar-refractivity contribution is 0.0948. The second-order valence-electron chi connectivity index (χ2n) is 6.29. The first-order chi connectivity index (χ1) is 12.2. The highest BCUT2D eigenvalue weighted by Crippen LogP contribution is 2.20. The van der Waals surface area contributed by atoms with Crippen LogP contribution in [0.4, 0.5) is 0 Å². The Hall–Kier alpha value is -2.89. The molecule has 1 aliphatic carbocycles. The fourth-order valence-corrected chi connectivity index (χ4v) is 3.34. The minimum atomic E-state index is -0.618. The van der Waals surface area contributed by atoms with Gasteiger partial charge in [-0.3, -0.25) is 9.48 Å². The highest BCUT2D eigenvalue weighted by atomic mass is 16.4. The predicted molar refractivity (Wildman–Crippen MR) is 93.7 cm³/mol. The molecule has 0 unspecified atom stereocenters. The minimum Gasteiger partial charge on any atom is -0.422 e. The van der Waals surface area contributed by atoms with Gasteiger partial charge >= 0.3 is 5.63 Å². The fraction of sp³-hybridized carbons (Fsp3) is 0.316. The number of hydrogen-bond acceptors (Lipinski definition) is 4. The fourth-order valence-electron chi connectivity index (χ4n) is 3.34. The topological polar surface area (TPSA) is 77.1 Å². The summed E-state index contributed by atoms with van der Waals surface area (Å²) in [5.41, 5.74) is 2.47. The third-order valence-electron chi connectivity index (χ3n) is 4.64. The Morgan fingerprint density at radius 1 is 1.24 bits per heavy atom. The molecule has 0 radical (unpaired) electrons. The van der Waals surface area contributed by atoms with Gasteiger partial charge in [0.2, 0.25) is 0 Å². The number of nitrogens with one attached hydrogen (secondary N) is 1. The zero-order valence-corrected chi connectivity index (χ0v) is 13.8. The Labute approximate surface area is 144 Å². The van der Waals surface area contributed by atoms with E-state index >= 15 is 0 Å². The number of nitrogens with zero attached hydrogens (tertiary/aromatic N) is 2. The average Bonchev–Trinajstić information content (AvgIpc) is 3.04. The first-order valence-electron chi connectivity index (χ1n) is 8.57. The van der Waals surface area contributed by atoms with Crippen molar-refractivity contribution in [3.63, 3.8) is 0 Å². The molecular formula is C19H19N3O3. The van der Waals surface area contributed by atoms with Crippen LogP contribution in [0.15, 0.2) is 45.7 Å². The van der Waals surface area contributed by atoms with Crippen LogP contribution in [-0.2, 0) is 19.4 Å². The molecule has 1 N–H and O–H groups in total. The molecule has 0 spiro atoms. The molecule has 0 aliphatic heterocycles. The van der Waals surface area contributed by atoms with Gasteiger partial charge in [-0.25, -0.2) is 4.79 Å². The van der Waals surface area contributed by atoms with Crippen LogP contribution in [-0.4, -0.2) is 22.2 Å². The van der Waals surface area contributed by atoms with Crippen molar-refractivity contribution in [3.8, 4) is 0 Å². The van der Waals surface area contributed by atoms with Crippen LogP contribution >= 0.6 is 0 Å². The van der Waals surface area contributed by atoms with Gasteiger partial charge in [-0.15, -0.1) is 0 Å². The zero-order chi connectivity index (χ0) is 17.2. The Balaban J connectivity index is 1.45. The second kappa shape index (κ2) is 6.55. The molecule has 0 fully saturated rings. The van der Waals surface area contributed by atoms with Gasteiger partial charge in [0.05, 0.1) is 12.7 Å². The van der Waals surface area contributed by atoms with E-state index in [-0.39, 0.29) is 5.56 Å². The molecule has 6 nitrogen and oxygen atoms in total. The number of aryl methyl sites for hydroxylation is 1. The summed E-state index contributed by atoms with van der Waals surface area (Å²) < 4.78 is 7.16. The summed E-state index contributed by atoms with van der Waals surface area (Å²) >= 11 is 0. The van der Waals surface area contributed by atoms with Crippen molar-refractivity contribution >= 4 is 16.9 Å². The molecule has 3 aromatic rings. The van der Waals surface area contributed by atoms with Gasteiger partial charge in [0.15, 0.2) is 0 Å². The molecule has 1 aliphatic rings. The third kappa shape index (κ3) is 3.07. The van der Waals surface area contributed by atoms with Crippen LogP contribution in [0.1, 0.15) is 34.5 Å². The van der Waals surface area contributed by atoms with E-state index in [0.29, 0.717) is 18.7 Å². The van der Waals surface area contributed by atoms with Gasteiger partial charge in [0, 0.05) is 17.6 Å². The van der Waals surface area contributed by atoms with Crippen molar-refractivity contribution in [2.24, 2.45) is 0 Å². The van der Waals surface area contributed by atoms with Gasteiger partial charge in [0.25, 0.3) is 5.91 Å². The summed E-state index contributed by atoms with van der Waals surface area (Å²) in [6.45, 7) is 1.01. The maximum absolute atomic E-state index is 12.3. The summed E-state index contributed by atoms with van der Waals surface area (Å²) in [4.78, 5) is 24.3. The number of amides is 1. The van der Waals surface area contributed by atoms with Crippen LogP contribution in [0.3, 0.4) is 0 Å². The first kappa shape index (κ1) is 15.6. The molecule has 2 heterocycles. The number of aromatic nitrogens is 2. The number of carbonyl (C=O) groups is 1. The average molecular weight is 337 g/mol. The standard InChI is InChI=1S/C19H19N3O3/c23-18(15-11-13-5-2-4-8-17(13)25-19(15)24)20-9-10-22-16-7-3-1-6-14(16)12-21-22/h2,4-5,8,11-12H,1,3,6-7,9-10H2,(H,20,23). The maximum Gasteiger partial charge on any atom is 0.349 e. The largest absolute Gasteiger partial charge is 0.422 e. The molecule has 0 atom stereocenters. The number of benzene rings is 1. The third-order valence-corrected chi connectivity index (χ3v) is 4.64. The highest BCUT2D eigenvalue weighted by Gasteiger charge is 2.16. The number of carbonyl (C=O) groups excluding carboxylic acids is 1. The smallest absolute Gasteiger partial charge is 0.349 e. The summed E-state index contributed by atoms with van der Waals surface area (Å²) in [5, 5.41) is 7.93. The van der Waals surface area contributed by atoms with E-state index in [4.69, 9.17) is 4.42 Å². The lowest BCUT2D eigenvalue weighted by Gasteiger charge is -2.14. The molecule has 0 bridgehead atoms. The molecule has 1 amide bonds. The summed E-state index contributed by atoms with van der Waals surface area (Å²) in [5.74, 6) is -0.416. The zero-order valence-electron chi connectivity index (χ0n) is 13.8. The van der Waals surface area contributed by atoms with Crippen molar-refractivity contribution in [2.45, 2.75) is 32.2 Å². The lowest BCUT2D eigenvalue weighted by atomic mass is 9.98. The van der Waals surface area contributed by atoms with Crippen LogP contribution in [0.25, 0.3) is 11.0 Å². The number of fused-ring (bicyclic) bond motifs is 2. The Kier molecular flexibility index (Phi) is 4.09. The SMILES string of the molecule is O=C(NCCn1ncc2c1CCCC2)c1cc2ccccc2oc1=O. The molecule has 0 saturated carbocycles. The normalized spacial score (nSPS) is 13.6. The quantitative estimate of drug-likeness (QED) is 0.741. The van der Waals surface area contributed by atoms with Gasteiger partial charge in [-0.1, -0.05) is 18.2 Å². The molecule has 4 rings (SSSR count). The Bertz CT molecular complexity index is 987. The molecule has 25 heavy (non-hydrogen) atoms. The van der Waals surface area contributed by atoms with E-state index < -0.39 is 11.5 Å². The van der Waals surface area contributed by atoms with Gasteiger partial charge in [0.1, 0.15) is 11.1 Å². The van der Waals surface area contributed by atoms with Crippen molar-refractivity contribution in [1.82, 2.24) is 15.1 Å². The van der Waals surface area contributed by atoms with Crippen molar-refractivity contribution in [2.75, 3.05) is 6.54 Å². The van der Waals surface area contributed by atoms with E-state index in [9.17, 15) is 9.59 Å². The lowest BCUT2D eigenvalue weighted by Crippen LogP contribution is -2.31. The molecule has 128 valence electrons. The van der Waals surface area contributed by atoms with E-state index in [2.05, 4.69) is 10.4 Å². The molecule has 0 saturated heterocycles. The molecular weight excluding hydrogens is 318 g/mol. The van der Waals surface area contributed by atoms with Crippen LogP contribution < -0.4 is 10.9 Å². The summed E-state index contributed by atoms with van der Waals surface area (Å²) in [6.07, 6.45) is 6.45. The van der Waals surface area contributed by atoms with Crippen LogP contribution in [0.2, 0.25) is 0 Å². The minimum absolute atomic E-state index is 0.0289. The molecule has 2 aromatic heterocycles. The maximum atomic E-state index is 12.3. The van der Waals surface area contributed by atoms with Crippen molar-refractivity contribution in [3.05, 3.63) is 63.8 Å². The summed E-state index contributed by atoms with van der Waals surface area (Å²) in [7, 11) is 0. The van der Waals surface area contributed by atoms with Gasteiger partial charge in [-0.2, -0.15) is 5.10 Å². The van der Waals surface area contributed by atoms with Gasteiger partial charge in [-0.05, 0) is 43.4 Å². The second-order valence-corrected chi connectivity index (χ2v) is 6.29. The van der Waals surface area contributed by atoms with Crippen molar-refractivity contribution < 1.29 is 9.21 Å². The Morgan fingerprint density at radius 3 is 3.00 bits per heavy atom. The molecule has 1 aromatic carbocycles. The monoisotopic (exact) mass is 337 g/mol. The van der Waals surface area contributed by atoms with Crippen LogP contribution in [0, 0.1) is 0 Å². The van der Waals surface area contributed by atoms with Crippen LogP contribution in [0.5, 0.6) is 0 Å². The Morgan fingerprint density at radius 2 is 2.08 bits per heavy atom.